The van der Waals surface area contributed by atoms with E-state index in [1.165, 1.54) is 6.20 Å². The fourth-order valence-corrected chi connectivity index (χ4v) is 1.06. The summed E-state index contributed by atoms with van der Waals surface area (Å²) >= 11 is 0. The van der Waals surface area contributed by atoms with Gasteiger partial charge in [-0.2, -0.15) is 5.10 Å². The number of para-hydroxylation sites is 1. The van der Waals surface area contributed by atoms with Crippen LogP contribution in [0.5, 0.6) is 5.75 Å². The minimum absolute atomic E-state index is 0.495. The SMILES string of the molecule is O=C(Nc1ccn[nH]1)Oc1ccccc1. The summed E-state index contributed by atoms with van der Waals surface area (Å²) in [4.78, 5) is 11.3. The first-order valence-corrected chi connectivity index (χ1v) is 4.38. The molecule has 5 nitrogen and oxygen atoms in total. The van der Waals surface area contributed by atoms with Crippen LogP contribution in [0.1, 0.15) is 0 Å². The average molecular weight is 203 g/mol. The fraction of sp³-hybridized carbons (Fsp3) is 0. The van der Waals surface area contributed by atoms with Gasteiger partial charge in [-0.05, 0) is 12.1 Å². The summed E-state index contributed by atoms with van der Waals surface area (Å²) in [6, 6.07) is 10.5. The van der Waals surface area contributed by atoms with Gasteiger partial charge in [0.15, 0.2) is 0 Å². The number of hydrogen-bond donors (Lipinski definition) is 2. The Labute approximate surface area is 86.1 Å². The monoisotopic (exact) mass is 203 g/mol. The van der Waals surface area contributed by atoms with E-state index in [2.05, 4.69) is 15.5 Å². The third kappa shape index (κ3) is 2.57. The number of aromatic amines is 1. The molecule has 0 spiro atoms. The number of H-pyrrole nitrogens is 1. The standard InChI is InChI=1S/C10H9N3O2/c14-10(12-9-6-7-11-13-9)15-8-4-2-1-3-5-8/h1-7H,(H2,11,12,13,14). The highest BCUT2D eigenvalue weighted by Crippen LogP contribution is 2.09. The van der Waals surface area contributed by atoms with Crippen LogP contribution < -0.4 is 10.1 Å². The van der Waals surface area contributed by atoms with Crippen LogP contribution in [0.2, 0.25) is 0 Å². The van der Waals surface area contributed by atoms with Crippen molar-refractivity contribution in [3.63, 3.8) is 0 Å². The molecule has 0 unspecified atom stereocenters. The maximum absolute atomic E-state index is 11.3. The zero-order valence-electron chi connectivity index (χ0n) is 7.81. The summed E-state index contributed by atoms with van der Waals surface area (Å²) in [5.74, 6) is 0.991. The second kappa shape index (κ2) is 4.28. The second-order valence-corrected chi connectivity index (χ2v) is 2.80. The summed E-state index contributed by atoms with van der Waals surface area (Å²) in [5.41, 5.74) is 0. The van der Waals surface area contributed by atoms with Crippen LogP contribution in [-0.2, 0) is 0 Å². The average Bonchev–Trinajstić information content (AvgIpc) is 2.71. The molecule has 0 fully saturated rings. The topological polar surface area (TPSA) is 67.0 Å². The Balaban J connectivity index is 1.94. The van der Waals surface area contributed by atoms with Gasteiger partial charge in [0.2, 0.25) is 0 Å². The Bertz CT molecular complexity index is 425. The molecule has 0 saturated heterocycles. The first-order chi connectivity index (χ1) is 7.34. The highest BCUT2D eigenvalue weighted by Gasteiger charge is 2.04. The molecule has 0 aliphatic rings. The van der Waals surface area contributed by atoms with Gasteiger partial charge in [0.05, 0.1) is 6.20 Å². The Morgan fingerprint density at radius 2 is 2.07 bits per heavy atom. The third-order valence-corrected chi connectivity index (χ3v) is 1.69. The molecule has 0 saturated carbocycles. The fourth-order valence-electron chi connectivity index (χ4n) is 1.06. The quantitative estimate of drug-likeness (QED) is 0.784. The first kappa shape index (κ1) is 9.26. The highest BCUT2D eigenvalue weighted by atomic mass is 16.6. The molecule has 1 heterocycles. The Hall–Kier alpha value is -2.30. The van der Waals surface area contributed by atoms with Gasteiger partial charge in [-0.3, -0.25) is 10.4 Å². The maximum Gasteiger partial charge on any atom is 0.418 e. The zero-order chi connectivity index (χ0) is 10.5. The summed E-state index contributed by atoms with van der Waals surface area (Å²) in [6.45, 7) is 0. The number of ether oxygens (including phenoxy) is 1. The number of aromatic nitrogens is 2. The maximum atomic E-state index is 11.3. The lowest BCUT2D eigenvalue weighted by Gasteiger charge is -2.03. The van der Waals surface area contributed by atoms with E-state index in [9.17, 15) is 4.79 Å². The molecule has 76 valence electrons. The van der Waals surface area contributed by atoms with Gasteiger partial charge in [-0.1, -0.05) is 18.2 Å². The van der Waals surface area contributed by atoms with Crippen molar-refractivity contribution in [2.45, 2.75) is 0 Å². The van der Waals surface area contributed by atoms with Crippen LogP contribution in [0.4, 0.5) is 10.6 Å². The number of anilines is 1. The lowest BCUT2D eigenvalue weighted by Crippen LogP contribution is -2.16. The number of nitrogens with one attached hydrogen (secondary N) is 2. The van der Waals surface area contributed by atoms with Crippen molar-refractivity contribution in [1.82, 2.24) is 10.2 Å². The van der Waals surface area contributed by atoms with Gasteiger partial charge in [0.25, 0.3) is 0 Å². The van der Waals surface area contributed by atoms with Crippen molar-refractivity contribution in [2.75, 3.05) is 5.32 Å². The molecule has 0 radical (unpaired) electrons. The zero-order valence-corrected chi connectivity index (χ0v) is 7.81. The molecule has 0 atom stereocenters. The first-order valence-electron chi connectivity index (χ1n) is 4.38. The molecule has 5 heteroatoms. The molecule has 1 aromatic heterocycles. The molecule has 0 bridgehead atoms. The number of carbonyl (C=O) groups excluding carboxylic acids is 1. The van der Waals surface area contributed by atoms with Crippen molar-refractivity contribution in [3.05, 3.63) is 42.6 Å². The molecule has 15 heavy (non-hydrogen) atoms. The van der Waals surface area contributed by atoms with E-state index in [0.717, 1.165) is 0 Å². The van der Waals surface area contributed by atoms with E-state index in [1.54, 1.807) is 30.3 Å². The van der Waals surface area contributed by atoms with Crippen LogP contribution in [0.15, 0.2) is 42.6 Å². The number of hydrogen-bond acceptors (Lipinski definition) is 3. The van der Waals surface area contributed by atoms with Gasteiger partial charge in [-0.25, -0.2) is 4.79 Å². The number of nitrogens with zero attached hydrogens (tertiary/aromatic N) is 1. The van der Waals surface area contributed by atoms with Gasteiger partial charge >= 0.3 is 6.09 Å². The van der Waals surface area contributed by atoms with Gasteiger partial charge in [0.1, 0.15) is 11.6 Å². The van der Waals surface area contributed by atoms with Gasteiger partial charge in [0, 0.05) is 6.07 Å². The van der Waals surface area contributed by atoms with Gasteiger partial charge in [-0.15, -0.1) is 0 Å². The molecule has 2 rings (SSSR count). The molecule has 0 aliphatic heterocycles. The molecule has 2 N–H and O–H groups in total. The van der Waals surface area contributed by atoms with Crippen molar-refractivity contribution in [3.8, 4) is 5.75 Å². The van der Waals surface area contributed by atoms with E-state index in [1.807, 2.05) is 6.07 Å². The van der Waals surface area contributed by atoms with E-state index >= 15 is 0 Å². The molecule has 1 amide bonds. The van der Waals surface area contributed by atoms with E-state index in [0.29, 0.717) is 11.6 Å². The third-order valence-electron chi connectivity index (χ3n) is 1.69. The molecule has 0 aliphatic carbocycles. The van der Waals surface area contributed by atoms with E-state index in [-0.39, 0.29) is 0 Å². The summed E-state index contributed by atoms with van der Waals surface area (Å²) in [5, 5.41) is 8.77. The smallest absolute Gasteiger partial charge is 0.410 e. The van der Waals surface area contributed by atoms with E-state index < -0.39 is 6.09 Å². The Kier molecular flexibility index (Phi) is 2.64. The predicted molar refractivity (Wildman–Crippen MR) is 54.7 cm³/mol. The molecule has 1 aromatic carbocycles. The lowest BCUT2D eigenvalue weighted by atomic mass is 10.3. The Morgan fingerprint density at radius 1 is 1.27 bits per heavy atom. The van der Waals surface area contributed by atoms with Crippen molar-refractivity contribution in [2.24, 2.45) is 0 Å². The molecular weight excluding hydrogens is 194 g/mol. The minimum atomic E-state index is -0.551. The molecule has 2 aromatic rings. The normalized spacial score (nSPS) is 9.60. The van der Waals surface area contributed by atoms with Crippen LogP contribution in [0, 0.1) is 0 Å². The largest absolute Gasteiger partial charge is 0.418 e. The van der Waals surface area contributed by atoms with Crippen molar-refractivity contribution < 1.29 is 9.53 Å². The number of carbonyl (C=O) groups is 1. The molecular formula is C10H9N3O2. The van der Waals surface area contributed by atoms with Gasteiger partial charge < -0.3 is 4.74 Å². The van der Waals surface area contributed by atoms with Crippen molar-refractivity contribution in [1.29, 1.82) is 0 Å². The van der Waals surface area contributed by atoms with Crippen molar-refractivity contribution >= 4 is 11.9 Å². The second-order valence-electron chi connectivity index (χ2n) is 2.80. The van der Waals surface area contributed by atoms with Crippen LogP contribution in [-0.4, -0.2) is 16.3 Å². The van der Waals surface area contributed by atoms with E-state index in [4.69, 9.17) is 4.74 Å². The summed E-state index contributed by atoms with van der Waals surface area (Å²) in [7, 11) is 0. The number of amides is 1. The van der Waals surface area contributed by atoms with Crippen LogP contribution in [0.25, 0.3) is 0 Å². The minimum Gasteiger partial charge on any atom is -0.410 e. The highest BCUT2D eigenvalue weighted by molar-refractivity contribution is 5.84. The summed E-state index contributed by atoms with van der Waals surface area (Å²) < 4.78 is 4.99. The summed E-state index contributed by atoms with van der Waals surface area (Å²) in [6.07, 6.45) is 0.989. The van der Waals surface area contributed by atoms with Crippen LogP contribution >= 0.6 is 0 Å². The number of rotatable bonds is 2. The lowest BCUT2D eigenvalue weighted by molar-refractivity contribution is 0.215. The Morgan fingerprint density at radius 3 is 2.73 bits per heavy atom. The predicted octanol–water partition coefficient (Wildman–Crippen LogP) is 2.02. The van der Waals surface area contributed by atoms with Crippen LogP contribution in [0.3, 0.4) is 0 Å². The number of benzene rings is 1.